The zero-order valence-corrected chi connectivity index (χ0v) is 11.6. The van der Waals surface area contributed by atoms with Gasteiger partial charge >= 0.3 is 0 Å². The minimum absolute atomic E-state index is 0.464. The maximum absolute atomic E-state index is 6.08. The molecule has 0 saturated heterocycles. The summed E-state index contributed by atoms with van der Waals surface area (Å²) in [5.41, 5.74) is 1.89. The second-order valence-electron chi connectivity index (χ2n) is 4.17. The largest absolute Gasteiger partial charge is 0.454 e. The van der Waals surface area contributed by atoms with Crippen LogP contribution < -0.4 is 4.74 Å². The van der Waals surface area contributed by atoms with Gasteiger partial charge in [-0.05, 0) is 37.3 Å². The van der Waals surface area contributed by atoms with Gasteiger partial charge in [-0.25, -0.2) is 0 Å². The lowest BCUT2D eigenvalue weighted by atomic mass is 10.2. The van der Waals surface area contributed by atoms with Gasteiger partial charge in [-0.3, -0.25) is 5.10 Å². The maximum Gasteiger partial charge on any atom is 0.164 e. The first-order valence-corrected chi connectivity index (χ1v) is 6.47. The number of halogens is 2. The molecule has 0 aliphatic rings. The summed E-state index contributed by atoms with van der Waals surface area (Å²) >= 11 is 12.2. The molecular formula is C14H10Cl2N2O. The molecule has 1 aromatic heterocycles. The molecule has 0 unspecified atom stereocenters. The van der Waals surface area contributed by atoms with E-state index in [0.717, 1.165) is 16.6 Å². The minimum Gasteiger partial charge on any atom is -0.454 e. The number of hydrogen-bond acceptors (Lipinski definition) is 2. The molecule has 96 valence electrons. The lowest BCUT2D eigenvalue weighted by Gasteiger charge is -2.09. The van der Waals surface area contributed by atoms with Crippen molar-refractivity contribution in [1.82, 2.24) is 10.2 Å². The van der Waals surface area contributed by atoms with Crippen LogP contribution in [0.5, 0.6) is 11.5 Å². The number of nitrogens with one attached hydrogen (secondary N) is 1. The predicted molar refractivity (Wildman–Crippen MR) is 77.4 cm³/mol. The highest BCUT2D eigenvalue weighted by atomic mass is 35.5. The van der Waals surface area contributed by atoms with Crippen molar-refractivity contribution in [2.24, 2.45) is 0 Å². The van der Waals surface area contributed by atoms with Crippen molar-refractivity contribution >= 4 is 34.1 Å². The van der Waals surface area contributed by atoms with E-state index in [1.807, 2.05) is 25.1 Å². The fourth-order valence-corrected chi connectivity index (χ4v) is 2.36. The van der Waals surface area contributed by atoms with Crippen molar-refractivity contribution in [3.8, 4) is 11.5 Å². The Labute approximate surface area is 120 Å². The Bertz CT molecular complexity index is 732. The van der Waals surface area contributed by atoms with Crippen LogP contribution in [0.25, 0.3) is 10.9 Å². The fraction of sp³-hybridized carbons (Fsp3) is 0.0714. The average Bonchev–Trinajstić information content (AvgIpc) is 2.76. The highest BCUT2D eigenvalue weighted by Gasteiger charge is 2.09. The summed E-state index contributed by atoms with van der Waals surface area (Å²) in [6.45, 7) is 1.94. The second-order valence-corrected chi connectivity index (χ2v) is 4.98. The Morgan fingerprint density at radius 1 is 1.11 bits per heavy atom. The van der Waals surface area contributed by atoms with Gasteiger partial charge in [0.1, 0.15) is 5.75 Å². The zero-order chi connectivity index (χ0) is 13.4. The van der Waals surface area contributed by atoms with Crippen molar-refractivity contribution < 1.29 is 4.74 Å². The normalized spacial score (nSPS) is 10.9. The molecule has 1 heterocycles. The molecule has 0 saturated carbocycles. The average molecular weight is 293 g/mol. The van der Waals surface area contributed by atoms with Crippen LogP contribution in [-0.2, 0) is 0 Å². The van der Waals surface area contributed by atoms with Gasteiger partial charge in [0.05, 0.1) is 21.3 Å². The van der Waals surface area contributed by atoms with Crippen LogP contribution in [0.4, 0.5) is 0 Å². The number of hydrogen-bond donors (Lipinski definition) is 1. The van der Waals surface area contributed by atoms with E-state index in [4.69, 9.17) is 27.9 Å². The van der Waals surface area contributed by atoms with Crippen LogP contribution in [0.15, 0.2) is 36.4 Å². The Morgan fingerprint density at radius 2 is 1.84 bits per heavy atom. The molecule has 5 heteroatoms. The SMILES string of the molecule is Cc1n[nH]c2ccc(Oc3c(Cl)cccc3Cl)cc12. The fourth-order valence-electron chi connectivity index (χ4n) is 1.89. The molecule has 3 aromatic rings. The lowest BCUT2D eigenvalue weighted by molar-refractivity contribution is 0.484. The van der Waals surface area contributed by atoms with Crippen LogP contribution in [0.2, 0.25) is 10.0 Å². The highest BCUT2D eigenvalue weighted by molar-refractivity contribution is 6.37. The maximum atomic E-state index is 6.08. The van der Waals surface area contributed by atoms with E-state index < -0.39 is 0 Å². The Kier molecular flexibility index (Phi) is 3.09. The molecule has 0 aliphatic carbocycles. The van der Waals surface area contributed by atoms with Gasteiger partial charge < -0.3 is 4.74 Å². The Morgan fingerprint density at radius 3 is 2.58 bits per heavy atom. The Hall–Kier alpha value is -1.71. The molecule has 0 bridgehead atoms. The third kappa shape index (κ3) is 2.27. The molecule has 0 radical (unpaired) electrons. The van der Waals surface area contributed by atoms with Crippen LogP contribution in [0, 0.1) is 6.92 Å². The summed E-state index contributed by atoms with van der Waals surface area (Å²) in [5.74, 6) is 1.14. The van der Waals surface area contributed by atoms with E-state index in [-0.39, 0.29) is 0 Å². The van der Waals surface area contributed by atoms with Crippen molar-refractivity contribution in [2.75, 3.05) is 0 Å². The van der Waals surface area contributed by atoms with Crippen LogP contribution in [0.1, 0.15) is 5.69 Å². The molecule has 0 fully saturated rings. The quantitative estimate of drug-likeness (QED) is 0.724. The third-order valence-electron chi connectivity index (χ3n) is 2.86. The summed E-state index contributed by atoms with van der Waals surface area (Å²) in [4.78, 5) is 0. The van der Waals surface area contributed by atoms with E-state index in [1.54, 1.807) is 18.2 Å². The molecule has 3 rings (SSSR count). The number of nitrogens with zero attached hydrogens (tertiary/aromatic N) is 1. The van der Waals surface area contributed by atoms with E-state index >= 15 is 0 Å². The van der Waals surface area contributed by atoms with Gasteiger partial charge in [-0.15, -0.1) is 0 Å². The van der Waals surface area contributed by atoms with Crippen LogP contribution in [-0.4, -0.2) is 10.2 Å². The van der Waals surface area contributed by atoms with Gasteiger partial charge in [0, 0.05) is 5.39 Å². The van der Waals surface area contributed by atoms with E-state index in [0.29, 0.717) is 21.5 Å². The Balaban J connectivity index is 2.03. The minimum atomic E-state index is 0.464. The first-order chi connectivity index (χ1) is 9.15. The van der Waals surface area contributed by atoms with Gasteiger partial charge in [-0.1, -0.05) is 29.3 Å². The summed E-state index contributed by atoms with van der Waals surface area (Å²) in [5, 5.41) is 9.07. The number of H-pyrrole nitrogens is 1. The number of benzene rings is 2. The van der Waals surface area contributed by atoms with Crippen molar-refractivity contribution in [1.29, 1.82) is 0 Å². The number of aromatic nitrogens is 2. The van der Waals surface area contributed by atoms with E-state index in [9.17, 15) is 0 Å². The summed E-state index contributed by atoms with van der Waals surface area (Å²) in [6.07, 6.45) is 0. The topological polar surface area (TPSA) is 37.9 Å². The number of ether oxygens (including phenoxy) is 1. The van der Waals surface area contributed by atoms with Gasteiger partial charge in [0.15, 0.2) is 5.75 Å². The highest BCUT2D eigenvalue weighted by Crippen LogP contribution is 2.36. The molecule has 0 aliphatic heterocycles. The standard InChI is InChI=1S/C14H10Cl2N2O/c1-8-10-7-9(5-6-13(10)18-17-8)19-14-11(15)3-2-4-12(14)16/h2-7H,1H3,(H,17,18). The lowest BCUT2D eigenvalue weighted by Crippen LogP contribution is -1.86. The summed E-state index contributed by atoms with van der Waals surface area (Å²) < 4.78 is 5.77. The van der Waals surface area contributed by atoms with Gasteiger partial charge in [0.2, 0.25) is 0 Å². The molecule has 0 atom stereocenters. The van der Waals surface area contributed by atoms with Crippen molar-refractivity contribution in [3.63, 3.8) is 0 Å². The molecular weight excluding hydrogens is 283 g/mol. The molecule has 3 nitrogen and oxygen atoms in total. The van der Waals surface area contributed by atoms with Crippen molar-refractivity contribution in [2.45, 2.75) is 6.92 Å². The zero-order valence-electron chi connectivity index (χ0n) is 10.1. The summed E-state index contributed by atoms with van der Waals surface area (Å²) in [7, 11) is 0. The van der Waals surface area contributed by atoms with Crippen LogP contribution in [0.3, 0.4) is 0 Å². The smallest absolute Gasteiger partial charge is 0.164 e. The van der Waals surface area contributed by atoms with Crippen LogP contribution >= 0.6 is 23.2 Å². The molecule has 2 aromatic carbocycles. The van der Waals surface area contributed by atoms with Crippen molar-refractivity contribution in [3.05, 3.63) is 52.1 Å². The summed E-state index contributed by atoms with van der Waals surface area (Å²) in [6, 6.07) is 10.9. The number of fused-ring (bicyclic) bond motifs is 1. The molecule has 0 spiro atoms. The van der Waals surface area contributed by atoms with E-state index in [1.165, 1.54) is 0 Å². The van der Waals surface area contributed by atoms with Gasteiger partial charge in [0.25, 0.3) is 0 Å². The number of aryl methyl sites for hydroxylation is 1. The monoisotopic (exact) mass is 292 g/mol. The number of rotatable bonds is 2. The number of para-hydroxylation sites is 1. The van der Waals surface area contributed by atoms with E-state index in [2.05, 4.69) is 10.2 Å². The van der Waals surface area contributed by atoms with Gasteiger partial charge in [-0.2, -0.15) is 5.10 Å². The number of aromatic amines is 1. The predicted octanol–water partition coefficient (Wildman–Crippen LogP) is 4.97. The molecule has 19 heavy (non-hydrogen) atoms. The first kappa shape index (κ1) is 12.3. The third-order valence-corrected chi connectivity index (χ3v) is 3.46. The first-order valence-electron chi connectivity index (χ1n) is 5.72. The molecule has 0 amide bonds. The molecule has 1 N–H and O–H groups in total. The second kappa shape index (κ2) is 4.76.